The summed E-state index contributed by atoms with van der Waals surface area (Å²) in [4.78, 5) is 24.5. The summed E-state index contributed by atoms with van der Waals surface area (Å²) in [6.45, 7) is 1.71. The smallest absolute Gasteiger partial charge is 0.324 e. The van der Waals surface area contributed by atoms with Crippen LogP contribution in [0, 0.1) is 12.7 Å². The minimum absolute atomic E-state index is 0.116. The van der Waals surface area contributed by atoms with Gasteiger partial charge in [-0.25, -0.2) is 12.8 Å². The van der Waals surface area contributed by atoms with E-state index in [9.17, 15) is 22.4 Å². The van der Waals surface area contributed by atoms with Crippen molar-refractivity contribution in [1.29, 1.82) is 0 Å². The minimum Gasteiger partial charge on any atom is -0.454 e. The highest BCUT2D eigenvalue weighted by Crippen LogP contribution is 2.27. The van der Waals surface area contributed by atoms with Gasteiger partial charge in [0.2, 0.25) is 10.0 Å². The number of rotatable bonds is 7. The Hall–Kier alpha value is -2.78. The molecule has 1 saturated heterocycles. The highest BCUT2D eigenvalue weighted by atomic mass is 32.2. The van der Waals surface area contributed by atoms with Crippen molar-refractivity contribution in [2.75, 3.05) is 13.2 Å². The molecular formula is C21H23FN2O5S. The van der Waals surface area contributed by atoms with Crippen molar-refractivity contribution in [1.82, 2.24) is 9.62 Å². The summed E-state index contributed by atoms with van der Waals surface area (Å²) in [7, 11) is -3.84. The molecule has 1 aliphatic heterocycles. The number of sulfonamides is 1. The van der Waals surface area contributed by atoms with E-state index in [1.807, 2.05) is 6.92 Å². The number of benzene rings is 2. The SMILES string of the molecule is Cc1ccc(S(=O)(=O)N2CCC[C@@H]2C(=O)OCC(=O)NCc2ccc(F)cc2)cc1. The van der Waals surface area contributed by atoms with E-state index in [1.165, 1.54) is 36.4 Å². The zero-order chi connectivity index (χ0) is 21.7. The molecule has 0 spiro atoms. The molecule has 1 aliphatic rings. The van der Waals surface area contributed by atoms with Crippen LogP contribution in [0.15, 0.2) is 53.4 Å². The van der Waals surface area contributed by atoms with E-state index < -0.39 is 34.5 Å². The maximum Gasteiger partial charge on any atom is 0.324 e. The first kappa shape index (κ1) is 21.9. The van der Waals surface area contributed by atoms with Crippen LogP contribution in [0.1, 0.15) is 24.0 Å². The molecule has 0 aliphatic carbocycles. The second kappa shape index (κ2) is 9.36. The molecule has 1 fully saturated rings. The normalized spacial score (nSPS) is 16.9. The fourth-order valence-electron chi connectivity index (χ4n) is 3.20. The van der Waals surface area contributed by atoms with Crippen LogP contribution in [-0.4, -0.2) is 43.8 Å². The third-order valence-corrected chi connectivity index (χ3v) is 6.77. The quantitative estimate of drug-likeness (QED) is 0.674. The Bertz CT molecular complexity index is 1010. The van der Waals surface area contributed by atoms with E-state index >= 15 is 0 Å². The highest BCUT2D eigenvalue weighted by molar-refractivity contribution is 7.89. The van der Waals surface area contributed by atoms with Gasteiger partial charge in [0.15, 0.2) is 6.61 Å². The summed E-state index contributed by atoms with van der Waals surface area (Å²) in [6.07, 6.45) is 0.864. The molecular weight excluding hydrogens is 411 g/mol. The molecule has 2 aromatic carbocycles. The van der Waals surface area contributed by atoms with Crippen LogP contribution in [0.3, 0.4) is 0 Å². The van der Waals surface area contributed by atoms with Crippen molar-refractivity contribution in [3.63, 3.8) is 0 Å². The number of hydrogen-bond acceptors (Lipinski definition) is 5. The monoisotopic (exact) mass is 434 g/mol. The van der Waals surface area contributed by atoms with Crippen molar-refractivity contribution in [3.05, 3.63) is 65.5 Å². The van der Waals surface area contributed by atoms with Crippen LogP contribution in [0.5, 0.6) is 0 Å². The van der Waals surface area contributed by atoms with Crippen LogP contribution in [0.2, 0.25) is 0 Å². The topological polar surface area (TPSA) is 92.8 Å². The first-order chi connectivity index (χ1) is 14.3. The van der Waals surface area contributed by atoms with E-state index in [4.69, 9.17) is 4.74 Å². The number of ether oxygens (including phenoxy) is 1. The predicted octanol–water partition coefficient (Wildman–Crippen LogP) is 2.15. The molecule has 1 amide bonds. The Morgan fingerprint density at radius 3 is 2.47 bits per heavy atom. The van der Waals surface area contributed by atoms with Gasteiger partial charge in [-0.2, -0.15) is 4.31 Å². The van der Waals surface area contributed by atoms with Crippen LogP contribution >= 0.6 is 0 Å². The average molecular weight is 434 g/mol. The summed E-state index contributed by atoms with van der Waals surface area (Å²) < 4.78 is 44.9. The van der Waals surface area contributed by atoms with Crippen LogP contribution < -0.4 is 5.32 Å². The zero-order valence-corrected chi connectivity index (χ0v) is 17.3. The zero-order valence-electron chi connectivity index (χ0n) is 16.5. The van der Waals surface area contributed by atoms with Crippen molar-refractivity contribution in [3.8, 4) is 0 Å². The fourth-order valence-corrected chi connectivity index (χ4v) is 4.84. The molecule has 0 bridgehead atoms. The molecule has 30 heavy (non-hydrogen) atoms. The van der Waals surface area contributed by atoms with Crippen LogP contribution in [0.25, 0.3) is 0 Å². The Kier molecular flexibility index (Phi) is 6.84. The largest absolute Gasteiger partial charge is 0.454 e. The van der Waals surface area contributed by atoms with Gasteiger partial charge >= 0.3 is 5.97 Å². The lowest BCUT2D eigenvalue weighted by Crippen LogP contribution is -2.42. The number of hydrogen-bond donors (Lipinski definition) is 1. The van der Waals surface area contributed by atoms with Gasteiger partial charge in [0, 0.05) is 13.1 Å². The molecule has 3 rings (SSSR count). The number of aryl methyl sites for hydroxylation is 1. The highest BCUT2D eigenvalue weighted by Gasteiger charge is 2.40. The molecule has 160 valence electrons. The molecule has 1 N–H and O–H groups in total. The van der Waals surface area contributed by atoms with E-state index in [2.05, 4.69) is 5.32 Å². The standard InChI is InChI=1S/C21H23FN2O5S/c1-15-4-10-18(11-5-15)30(27,28)24-12-2-3-19(24)21(26)29-14-20(25)23-13-16-6-8-17(22)9-7-16/h4-11,19H,2-3,12-14H2,1H3,(H,23,25)/t19-/m1/s1. The van der Waals surface area contributed by atoms with Gasteiger partial charge in [0.1, 0.15) is 11.9 Å². The summed E-state index contributed by atoms with van der Waals surface area (Å²) in [5, 5.41) is 2.57. The number of carbonyl (C=O) groups excluding carboxylic acids is 2. The van der Waals surface area contributed by atoms with E-state index in [0.29, 0.717) is 18.4 Å². The first-order valence-corrected chi connectivity index (χ1v) is 11.0. The summed E-state index contributed by atoms with van der Waals surface area (Å²) in [5.41, 5.74) is 1.63. The van der Waals surface area contributed by atoms with Crippen LogP contribution in [-0.2, 0) is 30.9 Å². The molecule has 0 aromatic heterocycles. The average Bonchev–Trinajstić information content (AvgIpc) is 3.23. The van der Waals surface area contributed by atoms with E-state index in [-0.39, 0.29) is 23.8 Å². The maximum atomic E-state index is 12.9. The molecule has 7 nitrogen and oxygen atoms in total. The molecule has 0 unspecified atom stereocenters. The van der Waals surface area contributed by atoms with E-state index in [1.54, 1.807) is 12.1 Å². The van der Waals surface area contributed by atoms with Crippen molar-refractivity contribution in [2.24, 2.45) is 0 Å². The molecule has 0 radical (unpaired) electrons. The van der Waals surface area contributed by atoms with Gasteiger partial charge in [-0.05, 0) is 49.6 Å². The fraction of sp³-hybridized carbons (Fsp3) is 0.333. The van der Waals surface area contributed by atoms with Crippen molar-refractivity contribution in [2.45, 2.75) is 37.2 Å². The molecule has 1 atom stereocenters. The van der Waals surface area contributed by atoms with Crippen molar-refractivity contribution < 1.29 is 27.1 Å². The number of esters is 1. The lowest BCUT2D eigenvalue weighted by Gasteiger charge is -2.22. The number of halogens is 1. The van der Waals surface area contributed by atoms with Gasteiger partial charge in [0.05, 0.1) is 4.90 Å². The molecule has 0 saturated carbocycles. The summed E-state index contributed by atoms with van der Waals surface area (Å²) in [5.74, 6) is -1.65. The minimum atomic E-state index is -3.84. The van der Waals surface area contributed by atoms with Gasteiger partial charge < -0.3 is 10.1 Å². The Labute approximate surface area is 174 Å². The lowest BCUT2D eigenvalue weighted by atomic mass is 10.2. The number of amides is 1. The Morgan fingerprint density at radius 1 is 1.13 bits per heavy atom. The third kappa shape index (κ3) is 5.22. The molecule has 1 heterocycles. The Balaban J connectivity index is 1.55. The van der Waals surface area contributed by atoms with E-state index in [0.717, 1.165) is 9.87 Å². The predicted molar refractivity (Wildman–Crippen MR) is 107 cm³/mol. The van der Waals surface area contributed by atoms with Gasteiger partial charge in [0.25, 0.3) is 5.91 Å². The Morgan fingerprint density at radius 2 is 1.80 bits per heavy atom. The third-order valence-electron chi connectivity index (χ3n) is 4.85. The summed E-state index contributed by atoms with van der Waals surface area (Å²) >= 11 is 0. The maximum absolute atomic E-state index is 12.9. The number of carbonyl (C=O) groups is 2. The number of nitrogens with one attached hydrogen (secondary N) is 1. The molecule has 2 aromatic rings. The second-order valence-corrected chi connectivity index (χ2v) is 8.99. The molecule has 9 heteroatoms. The van der Waals surface area contributed by atoms with Gasteiger partial charge in [-0.3, -0.25) is 9.59 Å². The number of nitrogens with zero attached hydrogens (tertiary/aromatic N) is 1. The second-order valence-electron chi connectivity index (χ2n) is 7.10. The van der Waals surface area contributed by atoms with Gasteiger partial charge in [-0.15, -0.1) is 0 Å². The van der Waals surface area contributed by atoms with Crippen molar-refractivity contribution >= 4 is 21.9 Å². The lowest BCUT2D eigenvalue weighted by molar-refractivity contribution is -0.151. The van der Waals surface area contributed by atoms with Gasteiger partial charge in [-0.1, -0.05) is 29.8 Å². The van der Waals surface area contributed by atoms with Crippen LogP contribution in [0.4, 0.5) is 4.39 Å². The summed E-state index contributed by atoms with van der Waals surface area (Å²) in [6, 6.07) is 11.1. The first-order valence-electron chi connectivity index (χ1n) is 9.53.